The lowest BCUT2D eigenvalue weighted by molar-refractivity contribution is 1.12. The van der Waals surface area contributed by atoms with Crippen LogP contribution in [0.25, 0.3) is 0 Å². The molecule has 10 heavy (non-hydrogen) atoms. The van der Waals surface area contributed by atoms with Crippen LogP contribution in [0.4, 0.5) is 0 Å². The fraction of sp³-hybridized carbons (Fsp3) is 0.750. The molecule has 0 unspecified atom stereocenters. The molecule has 60 valence electrons. The summed E-state index contributed by atoms with van der Waals surface area (Å²) in [6, 6.07) is 0. The molecule has 0 saturated carbocycles. The molecule has 0 aliphatic heterocycles. The first-order valence-corrected chi connectivity index (χ1v) is 5.47. The van der Waals surface area contributed by atoms with Gasteiger partial charge < -0.3 is 0 Å². The van der Waals surface area contributed by atoms with Gasteiger partial charge in [0.05, 0.1) is 0 Å². The highest BCUT2D eigenvalue weighted by atomic mass is 32.2. The Hall–Kier alpha value is 0.440. The Morgan fingerprint density at radius 1 is 0.800 bits per heavy atom. The molecule has 0 aromatic rings. The number of thioether (sulfide) groups is 2. The van der Waals surface area contributed by atoms with Crippen LogP contribution in [0.3, 0.4) is 0 Å². The maximum Gasteiger partial charge on any atom is 0.00319 e. The van der Waals surface area contributed by atoms with Crippen LogP contribution in [0.5, 0.6) is 0 Å². The molecule has 2 heteroatoms. The van der Waals surface area contributed by atoms with Crippen LogP contribution in [0.1, 0.15) is 27.7 Å². The van der Waals surface area contributed by atoms with Gasteiger partial charge in [0.25, 0.3) is 0 Å². The first kappa shape index (κ1) is 10.4. The van der Waals surface area contributed by atoms with E-state index in [0.29, 0.717) is 10.5 Å². The van der Waals surface area contributed by atoms with Crippen LogP contribution < -0.4 is 0 Å². The Labute approximate surface area is 72.9 Å². The smallest absolute Gasteiger partial charge is 0.00319 e. The monoisotopic (exact) mass is 176 g/mol. The summed E-state index contributed by atoms with van der Waals surface area (Å²) in [5.41, 5.74) is 0. The van der Waals surface area contributed by atoms with Crippen molar-refractivity contribution in [2.75, 3.05) is 0 Å². The summed E-state index contributed by atoms with van der Waals surface area (Å²) in [4.78, 5) is 0. The van der Waals surface area contributed by atoms with Crippen molar-refractivity contribution in [3.05, 3.63) is 10.8 Å². The summed E-state index contributed by atoms with van der Waals surface area (Å²) in [5, 5.41) is 5.78. The molecule has 0 nitrogen and oxygen atoms in total. The Morgan fingerprint density at radius 3 is 1.30 bits per heavy atom. The molecule has 0 N–H and O–H groups in total. The molecule has 0 spiro atoms. The van der Waals surface area contributed by atoms with E-state index in [0.717, 1.165) is 0 Å². The summed E-state index contributed by atoms with van der Waals surface area (Å²) in [5.74, 6) is 0. The summed E-state index contributed by atoms with van der Waals surface area (Å²) in [6.07, 6.45) is 0. The summed E-state index contributed by atoms with van der Waals surface area (Å²) < 4.78 is 0. The SMILES string of the molecule is CC(C)S/C=C/SC(C)C. The van der Waals surface area contributed by atoms with Gasteiger partial charge in [0.1, 0.15) is 0 Å². The van der Waals surface area contributed by atoms with Crippen molar-refractivity contribution in [3.8, 4) is 0 Å². The third-order valence-corrected chi connectivity index (χ3v) is 2.60. The first-order valence-electron chi connectivity index (χ1n) is 3.59. The molecule has 0 heterocycles. The molecule has 0 aromatic carbocycles. The minimum Gasteiger partial charge on any atom is -0.131 e. The normalized spacial score (nSPS) is 12.2. The lowest BCUT2D eigenvalue weighted by atomic mass is 10.6. The predicted octanol–water partition coefficient (Wildman–Crippen LogP) is 3.74. The molecule has 0 aliphatic rings. The third-order valence-electron chi connectivity index (χ3n) is 0.757. The van der Waals surface area contributed by atoms with E-state index in [1.807, 2.05) is 23.5 Å². The van der Waals surface area contributed by atoms with Crippen molar-refractivity contribution in [2.24, 2.45) is 0 Å². The highest BCUT2D eigenvalue weighted by molar-refractivity contribution is 8.06. The van der Waals surface area contributed by atoms with E-state index in [1.165, 1.54) is 0 Å². The van der Waals surface area contributed by atoms with E-state index in [1.54, 1.807) is 0 Å². The zero-order valence-corrected chi connectivity index (χ0v) is 8.76. The van der Waals surface area contributed by atoms with Crippen molar-refractivity contribution in [1.29, 1.82) is 0 Å². The predicted molar refractivity (Wildman–Crippen MR) is 54.6 cm³/mol. The van der Waals surface area contributed by atoms with E-state index in [2.05, 4.69) is 38.5 Å². The van der Waals surface area contributed by atoms with Gasteiger partial charge in [-0.25, -0.2) is 0 Å². The third kappa shape index (κ3) is 8.44. The van der Waals surface area contributed by atoms with Gasteiger partial charge in [-0.15, -0.1) is 23.5 Å². The van der Waals surface area contributed by atoms with E-state index in [-0.39, 0.29) is 0 Å². The van der Waals surface area contributed by atoms with Crippen LogP contribution in [0.2, 0.25) is 0 Å². The average Bonchev–Trinajstić information content (AvgIpc) is 1.79. The van der Waals surface area contributed by atoms with Gasteiger partial charge in [0, 0.05) is 10.5 Å². The molecule has 0 radical (unpaired) electrons. The van der Waals surface area contributed by atoms with Crippen molar-refractivity contribution >= 4 is 23.5 Å². The van der Waals surface area contributed by atoms with Crippen molar-refractivity contribution in [2.45, 2.75) is 38.2 Å². The van der Waals surface area contributed by atoms with E-state index < -0.39 is 0 Å². The Bertz CT molecular complexity index is 83.4. The van der Waals surface area contributed by atoms with Crippen LogP contribution >= 0.6 is 23.5 Å². The molecular weight excluding hydrogens is 160 g/mol. The van der Waals surface area contributed by atoms with Gasteiger partial charge in [-0.1, -0.05) is 27.7 Å². The molecule has 0 rings (SSSR count). The maximum atomic E-state index is 2.20. The van der Waals surface area contributed by atoms with Crippen LogP contribution in [0.15, 0.2) is 10.8 Å². The Morgan fingerprint density at radius 2 is 1.10 bits per heavy atom. The van der Waals surface area contributed by atoms with Gasteiger partial charge in [-0.2, -0.15) is 0 Å². The molecule has 0 saturated heterocycles. The zero-order valence-electron chi connectivity index (χ0n) is 7.13. The van der Waals surface area contributed by atoms with Crippen molar-refractivity contribution in [3.63, 3.8) is 0 Å². The number of hydrogen-bond donors (Lipinski definition) is 0. The molecule has 0 fully saturated rings. The Balaban J connectivity index is 3.20. The minimum atomic E-state index is 0.712. The quantitative estimate of drug-likeness (QED) is 0.640. The summed E-state index contributed by atoms with van der Waals surface area (Å²) in [7, 11) is 0. The van der Waals surface area contributed by atoms with Gasteiger partial charge in [-0.3, -0.25) is 0 Å². The average molecular weight is 176 g/mol. The van der Waals surface area contributed by atoms with E-state index in [4.69, 9.17) is 0 Å². The van der Waals surface area contributed by atoms with Gasteiger partial charge in [0.15, 0.2) is 0 Å². The van der Waals surface area contributed by atoms with Gasteiger partial charge in [0.2, 0.25) is 0 Å². The molecule has 0 aliphatic carbocycles. The van der Waals surface area contributed by atoms with E-state index in [9.17, 15) is 0 Å². The first-order chi connectivity index (χ1) is 4.63. The highest BCUT2D eigenvalue weighted by Gasteiger charge is 1.89. The fourth-order valence-corrected chi connectivity index (χ4v) is 1.52. The number of rotatable bonds is 4. The topological polar surface area (TPSA) is 0 Å². The summed E-state index contributed by atoms with van der Waals surface area (Å²) in [6.45, 7) is 8.81. The van der Waals surface area contributed by atoms with Crippen LogP contribution in [-0.2, 0) is 0 Å². The highest BCUT2D eigenvalue weighted by Crippen LogP contribution is 2.16. The Kier molecular flexibility index (Phi) is 6.44. The number of hydrogen-bond acceptors (Lipinski definition) is 2. The summed E-state index contributed by atoms with van der Waals surface area (Å²) >= 11 is 3.74. The van der Waals surface area contributed by atoms with Crippen LogP contribution in [-0.4, -0.2) is 10.5 Å². The van der Waals surface area contributed by atoms with Gasteiger partial charge >= 0.3 is 0 Å². The molecular formula is C8H16S2. The zero-order chi connectivity index (χ0) is 7.98. The van der Waals surface area contributed by atoms with Crippen molar-refractivity contribution < 1.29 is 0 Å². The molecule has 0 aromatic heterocycles. The molecule has 0 bridgehead atoms. The van der Waals surface area contributed by atoms with Crippen LogP contribution in [0, 0.1) is 0 Å². The molecule has 0 amide bonds. The second kappa shape index (κ2) is 6.17. The second-order valence-electron chi connectivity index (χ2n) is 2.64. The second-order valence-corrected chi connectivity index (χ2v) is 5.62. The standard InChI is InChI=1S/C8H16S2/c1-7(2)9-5-6-10-8(3)4/h5-8H,1-4H3/b6-5+. The lowest BCUT2D eigenvalue weighted by Gasteiger charge is -1.98. The lowest BCUT2D eigenvalue weighted by Crippen LogP contribution is -1.82. The van der Waals surface area contributed by atoms with Crippen molar-refractivity contribution in [1.82, 2.24) is 0 Å². The minimum absolute atomic E-state index is 0.712. The molecule has 0 atom stereocenters. The van der Waals surface area contributed by atoms with Gasteiger partial charge in [-0.05, 0) is 10.8 Å². The van der Waals surface area contributed by atoms with E-state index >= 15 is 0 Å². The largest absolute Gasteiger partial charge is 0.131 e. The maximum absolute atomic E-state index is 2.20. The fourth-order valence-electron chi connectivity index (χ4n) is 0.378.